The van der Waals surface area contributed by atoms with Crippen LogP contribution in [0.25, 0.3) is 0 Å². The number of rotatable bonds is 4. The molecule has 1 heterocycles. The molecule has 1 aromatic rings. The first-order valence-electron chi connectivity index (χ1n) is 5.17. The first-order valence-corrected chi connectivity index (χ1v) is 5.54. The lowest BCUT2D eigenvalue weighted by Crippen LogP contribution is -2.20. The molecule has 0 bridgehead atoms. The summed E-state index contributed by atoms with van der Waals surface area (Å²) >= 11 is 5.76. The van der Waals surface area contributed by atoms with Gasteiger partial charge >= 0.3 is 0 Å². The van der Waals surface area contributed by atoms with Crippen LogP contribution in [0.5, 0.6) is 0 Å². The van der Waals surface area contributed by atoms with Crippen LogP contribution in [0.15, 0.2) is 0 Å². The molecule has 1 aromatic heterocycles. The molecule has 8 heteroatoms. The molecule has 1 saturated carbocycles. The number of anilines is 3. The maximum absolute atomic E-state index is 9.42. The van der Waals surface area contributed by atoms with Gasteiger partial charge in [0.25, 0.3) is 0 Å². The van der Waals surface area contributed by atoms with Crippen LogP contribution >= 0.6 is 11.6 Å². The zero-order valence-corrected chi connectivity index (χ0v) is 9.72. The minimum atomic E-state index is -0.733. The summed E-state index contributed by atoms with van der Waals surface area (Å²) in [5.74, 6) is 0.390. The fraction of sp³-hybridized carbons (Fsp3) is 0.556. The Kier molecular flexibility index (Phi) is 3.23. The average molecular weight is 260 g/mol. The number of aliphatic hydroxyl groups excluding tert-OH is 2. The van der Waals surface area contributed by atoms with Crippen LogP contribution in [0.3, 0.4) is 0 Å². The summed E-state index contributed by atoms with van der Waals surface area (Å²) in [7, 11) is 0. The van der Waals surface area contributed by atoms with E-state index in [9.17, 15) is 5.11 Å². The van der Waals surface area contributed by atoms with Crippen LogP contribution < -0.4 is 16.8 Å². The van der Waals surface area contributed by atoms with E-state index in [2.05, 4.69) is 15.3 Å². The number of nitrogens with two attached hydrogens (primary N) is 2. The quantitative estimate of drug-likeness (QED) is 0.459. The highest BCUT2D eigenvalue weighted by Crippen LogP contribution is 2.37. The molecular formula is C9H14ClN5O2. The lowest BCUT2D eigenvalue weighted by atomic mass is 10.2. The molecule has 1 aliphatic rings. The van der Waals surface area contributed by atoms with E-state index < -0.39 is 6.10 Å². The van der Waals surface area contributed by atoms with Crippen molar-refractivity contribution in [2.45, 2.75) is 18.6 Å². The predicted molar refractivity (Wildman–Crippen MR) is 64.5 cm³/mol. The molecule has 2 rings (SSSR count). The third-order valence-electron chi connectivity index (χ3n) is 2.76. The average Bonchev–Trinajstić information content (AvgIpc) is 3.03. The smallest absolute Gasteiger partial charge is 0.223 e. The maximum atomic E-state index is 9.42. The Bertz CT molecular complexity index is 430. The number of nitrogens with one attached hydrogen (secondary N) is 1. The summed E-state index contributed by atoms with van der Waals surface area (Å²) in [6, 6.07) is 0.0183. The Labute approximate surface area is 103 Å². The fourth-order valence-corrected chi connectivity index (χ4v) is 1.86. The zero-order chi connectivity index (χ0) is 12.6. The SMILES string of the molecule is Nc1nc(Cl)c(N)c(NC2CC2C(O)CO)n1. The molecule has 0 radical (unpaired) electrons. The minimum Gasteiger partial charge on any atom is -0.394 e. The molecule has 1 aliphatic carbocycles. The van der Waals surface area contributed by atoms with Crippen LogP contribution in [0.1, 0.15) is 6.42 Å². The van der Waals surface area contributed by atoms with E-state index in [4.69, 9.17) is 28.2 Å². The Hall–Kier alpha value is -1.31. The summed E-state index contributed by atoms with van der Waals surface area (Å²) in [6.07, 6.45) is 0.00580. The number of nitrogens with zero attached hydrogens (tertiary/aromatic N) is 2. The highest BCUT2D eigenvalue weighted by molar-refractivity contribution is 6.32. The molecule has 1 fully saturated rings. The van der Waals surface area contributed by atoms with E-state index in [1.54, 1.807) is 0 Å². The van der Waals surface area contributed by atoms with Crippen LogP contribution in [0.2, 0.25) is 5.15 Å². The maximum Gasteiger partial charge on any atom is 0.223 e. The molecule has 94 valence electrons. The topological polar surface area (TPSA) is 130 Å². The van der Waals surface area contributed by atoms with E-state index in [0.29, 0.717) is 5.82 Å². The van der Waals surface area contributed by atoms with Crippen molar-refractivity contribution in [1.82, 2.24) is 9.97 Å². The first kappa shape index (κ1) is 12.2. The molecule has 0 saturated heterocycles. The van der Waals surface area contributed by atoms with Crippen molar-refractivity contribution in [3.63, 3.8) is 0 Å². The monoisotopic (exact) mass is 259 g/mol. The van der Waals surface area contributed by atoms with Gasteiger partial charge in [0, 0.05) is 12.0 Å². The zero-order valence-electron chi connectivity index (χ0n) is 8.97. The molecule has 7 N–H and O–H groups in total. The van der Waals surface area contributed by atoms with Crippen molar-refractivity contribution in [3.8, 4) is 0 Å². The van der Waals surface area contributed by atoms with Crippen molar-refractivity contribution in [2.75, 3.05) is 23.4 Å². The number of nitrogen functional groups attached to an aromatic ring is 2. The molecule has 17 heavy (non-hydrogen) atoms. The van der Waals surface area contributed by atoms with Gasteiger partial charge in [0.1, 0.15) is 5.69 Å². The Morgan fingerprint density at radius 3 is 2.82 bits per heavy atom. The molecular weight excluding hydrogens is 246 g/mol. The van der Waals surface area contributed by atoms with E-state index in [-0.39, 0.29) is 35.4 Å². The Morgan fingerprint density at radius 1 is 1.47 bits per heavy atom. The van der Waals surface area contributed by atoms with E-state index in [1.807, 2.05) is 0 Å². The van der Waals surface area contributed by atoms with Gasteiger partial charge in [0.2, 0.25) is 5.95 Å². The number of hydrogen-bond donors (Lipinski definition) is 5. The van der Waals surface area contributed by atoms with Gasteiger partial charge in [-0.05, 0) is 6.42 Å². The fourth-order valence-electron chi connectivity index (χ4n) is 1.69. The molecule has 3 atom stereocenters. The van der Waals surface area contributed by atoms with Gasteiger partial charge in [-0.25, -0.2) is 0 Å². The molecule has 0 aliphatic heterocycles. The molecule has 7 nitrogen and oxygen atoms in total. The van der Waals surface area contributed by atoms with Crippen molar-refractivity contribution in [1.29, 1.82) is 0 Å². The largest absolute Gasteiger partial charge is 0.394 e. The van der Waals surface area contributed by atoms with Crippen LogP contribution in [0, 0.1) is 5.92 Å². The second-order valence-electron chi connectivity index (χ2n) is 4.04. The Balaban J connectivity index is 2.06. The van der Waals surface area contributed by atoms with Gasteiger partial charge in [-0.1, -0.05) is 11.6 Å². The molecule has 0 amide bonds. The van der Waals surface area contributed by atoms with Gasteiger partial charge in [-0.3, -0.25) is 0 Å². The number of halogens is 1. The first-order chi connectivity index (χ1) is 8.02. The summed E-state index contributed by atoms with van der Waals surface area (Å²) in [5, 5.41) is 21.3. The summed E-state index contributed by atoms with van der Waals surface area (Å²) in [5.41, 5.74) is 11.4. The van der Waals surface area contributed by atoms with Gasteiger partial charge in [-0.2, -0.15) is 9.97 Å². The van der Waals surface area contributed by atoms with Crippen LogP contribution in [-0.2, 0) is 0 Å². The standard InChI is InChI=1S/C9H14ClN5O2/c10-7-6(11)8(15-9(12)14-7)13-4-1-3(4)5(17)2-16/h3-5,16-17H,1-2,11H2,(H3,12,13,14,15). The molecule has 0 spiro atoms. The van der Waals surface area contributed by atoms with E-state index in [0.717, 1.165) is 6.42 Å². The third-order valence-corrected chi connectivity index (χ3v) is 3.05. The highest BCUT2D eigenvalue weighted by Gasteiger charge is 2.42. The lowest BCUT2D eigenvalue weighted by molar-refractivity contribution is 0.0772. The van der Waals surface area contributed by atoms with Gasteiger partial charge in [0.15, 0.2) is 11.0 Å². The number of aliphatic hydroxyl groups is 2. The lowest BCUT2D eigenvalue weighted by Gasteiger charge is -2.10. The van der Waals surface area contributed by atoms with E-state index >= 15 is 0 Å². The van der Waals surface area contributed by atoms with Crippen molar-refractivity contribution in [2.24, 2.45) is 5.92 Å². The van der Waals surface area contributed by atoms with Gasteiger partial charge in [0.05, 0.1) is 12.7 Å². The third kappa shape index (κ3) is 2.51. The highest BCUT2D eigenvalue weighted by atomic mass is 35.5. The minimum absolute atomic E-state index is 0.00522. The van der Waals surface area contributed by atoms with Crippen molar-refractivity contribution in [3.05, 3.63) is 5.15 Å². The second kappa shape index (κ2) is 4.52. The molecule has 3 unspecified atom stereocenters. The van der Waals surface area contributed by atoms with Crippen LogP contribution in [0.4, 0.5) is 17.5 Å². The van der Waals surface area contributed by atoms with E-state index in [1.165, 1.54) is 0 Å². The van der Waals surface area contributed by atoms with Crippen molar-refractivity contribution >= 4 is 29.1 Å². The summed E-state index contributed by atoms with van der Waals surface area (Å²) in [6.45, 7) is -0.259. The number of aromatic nitrogens is 2. The predicted octanol–water partition coefficient (Wildman–Crippen LogP) is -0.552. The molecule has 0 aromatic carbocycles. The summed E-state index contributed by atoms with van der Waals surface area (Å²) in [4.78, 5) is 7.64. The summed E-state index contributed by atoms with van der Waals surface area (Å²) < 4.78 is 0. The second-order valence-corrected chi connectivity index (χ2v) is 4.39. The normalized spacial score (nSPS) is 24.4. The Morgan fingerprint density at radius 2 is 2.18 bits per heavy atom. The van der Waals surface area contributed by atoms with Gasteiger partial charge < -0.3 is 27.0 Å². The number of hydrogen-bond acceptors (Lipinski definition) is 7. The van der Waals surface area contributed by atoms with Crippen molar-refractivity contribution < 1.29 is 10.2 Å². The van der Waals surface area contributed by atoms with Crippen LogP contribution in [-0.4, -0.2) is 38.9 Å². The van der Waals surface area contributed by atoms with Gasteiger partial charge in [-0.15, -0.1) is 0 Å².